The third kappa shape index (κ3) is 47.3. The maximum atomic E-state index is 12.8. The van der Waals surface area contributed by atoms with Gasteiger partial charge in [-0.3, -0.25) is 14.4 Å². The first-order valence-electron chi connectivity index (χ1n) is 26.4. The van der Waals surface area contributed by atoms with Gasteiger partial charge in [0.15, 0.2) is 6.10 Å². The SMILES string of the molecule is CCCCCCCCCCCCCCCCCCCC(=O)O[C@@H](COC(=O)CCCCCCCCCCC)COC(=O)CCCCCCCCCCCCCCC(C)C. The van der Waals surface area contributed by atoms with Crippen molar-refractivity contribution in [2.75, 3.05) is 13.2 Å². The van der Waals surface area contributed by atoms with Crippen molar-refractivity contribution in [1.29, 1.82) is 0 Å². The van der Waals surface area contributed by atoms with Crippen LogP contribution >= 0.6 is 0 Å². The van der Waals surface area contributed by atoms with Gasteiger partial charge in [0.1, 0.15) is 13.2 Å². The number of hydrogen-bond donors (Lipinski definition) is 0. The molecule has 0 aromatic carbocycles. The van der Waals surface area contributed by atoms with Gasteiger partial charge in [0.2, 0.25) is 0 Å². The molecule has 0 aliphatic carbocycles. The average Bonchev–Trinajstić information content (AvgIpc) is 3.22. The number of carbonyl (C=O) groups excluding carboxylic acids is 3. The van der Waals surface area contributed by atoms with Gasteiger partial charge in [-0.25, -0.2) is 0 Å². The molecule has 0 amide bonds. The maximum Gasteiger partial charge on any atom is 0.306 e. The quantitative estimate of drug-likeness (QED) is 0.0345. The highest BCUT2D eigenvalue weighted by Gasteiger charge is 2.19. The van der Waals surface area contributed by atoms with Crippen LogP contribution in [0.15, 0.2) is 0 Å². The molecule has 350 valence electrons. The Hall–Kier alpha value is -1.59. The number of carbonyl (C=O) groups is 3. The lowest BCUT2D eigenvalue weighted by atomic mass is 10.0. The van der Waals surface area contributed by atoms with Crippen LogP contribution in [0.3, 0.4) is 0 Å². The van der Waals surface area contributed by atoms with Crippen molar-refractivity contribution in [2.24, 2.45) is 5.92 Å². The van der Waals surface area contributed by atoms with Crippen molar-refractivity contribution in [3.63, 3.8) is 0 Å². The van der Waals surface area contributed by atoms with E-state index in [1.807, 2.05) is 0 Å². The molecule has 0 spiro atoms. The molecule has 0 fully saturated rings. The Morgan fingerprint density at radius 2 is 0.559 bits per heavy atom. The molecule has 0 saturated heterocycles. The van der Waals surface area contributed by atoms with Crippen molar-refractivity contribution < 1.29 is 28.6 Å². The van der Waals surface area contributed by atoms with E-state index in [2.05, 4.69) is 27.7 Å². The molecule has 0 heterocycles. The minimum Gasteiger partial charge on any atom is -0.462 e. The van der Waals surface area contributed by atoms with E-state index in [1.54, 1.807) is 0 Å². The largest absolute Gasteiger partial charge is 0.462 e. The van der Waals surface area contributed by atoms with Crippen LogP contribution in [0.25, 0.3) is 0 Å². The van der Waals surface area contributed by atoms with E-state index in [-0.39, 0.29) is 31.1 Å². The van der Waals surface area contributed by atoms with Crippen LogP contribution in [0.1, 0.15) is 297 Å². The topological polar surface area (TPSA) is 78.9 Å². The second-order valence-corrected chi connectivity index (χ2v) is 18.6. The van der Waals surface area contributed by atoms with E-state index in [9.17, 15) is 14.4 Å². The molecule has 0 aliphatic rings. The summed E-state index contributed by atoms with van der Waals surface area (Å²) >= 11 is 0. The molecular formula is C53H102O6. The molecule has 1 atom stereocenters. The molecule has 0 radical (unpaired) electrons. The van der Waals surface area contributed by atoms with E-state index < -0.39 is 6.10 Å². The summed E-state index contributed by atoms with van der Waals surface area (Å²) in [5.41, 5.74) is 0. The lowest BCUT2D eigenvalue weighted by molar-refractivity contribution is -0.167. The highest BCUT2D eigenvalue weighted by Crippen LogP contribution is 2.17. The summed E-state index contributed by atoms with van der Waals surface area (Å²) in [5.74, 6) is -0.0117. The Morgan fingerprint density at radius 3 is 0.831 bits per heavy atom. The molecule has 6 nitrogen and oxygen atoms in total. The number of unbranched alkanes of at least 4 members (excludes halogenated alkanes) is 35. The van der Waals surface area contributed by atoms with Gasteiger partial charge in [0, 0.05) is 19.3 Å². The molecule has 0 unspecified atom stereocenters. The Morgan fingerprint density at radius 1 is 0.322 bits per heavy atom. The third-order valence-corrected chi connectivity index (χ3v) is 12.0. The second-order valence-electron chi connectivity index (χ2n) is 18.6. The summed E-state index contributed by atoms with van der Waals surface area (Å²) in [6, 6.07) is 0. The fourth-order valence-electron chi connectivity index (χ4n) is 8.04. The van der Waals surface area contributed by atoms with Crippen LogP contribution < -0.4 is 0 Å². The fraction of sp³-hybridized carbons (Fsp3) is 0.943. The van der Waals surface area contributed by atoms with Gasteiger partial charge >= 0.3 is 17.9 Å². The first kappa shape index (κ1) is 57.4. The predicted octanol–water partition coefficient (Wildman–Crippen LogP) is 17.1. The summed E-state index contributed by atoms with van der Waals surface area (Å²) in [4.78, 5) is 37.9. The molecule has 0 aromatic rings. The van der Waals surface area contributed by atoms with E-state index in [0.29, 0.717) is 19.3 Å². The molecule has 0 saturated carbocycles. The van der Waals surface area contributed by atoms with E-state index in [1.165, 1.54) is 193 Å². The minimum atomic E-state index is -0.760. The molecule has 0 aromatic heterocycles. The molecule has 59 heavy (non-hydrogen) atoms. The van der Waals surface area contributed by atoms with Crippen molar-refractivity contribution in [2.45, 2.75) is 303 Å². The van der Waals surface area contributed by atoms with Crippen LogP contribution in [0.4, 0.5) is 0 Å². The van der Waals surface area contributed by atoms with Gasteiger partial charge in [0.05, 0.1) is 0 Å². The Labute approximate surface area is 368 Å². The van der Waals surface area contributed by atoms with Gasteiger partial charge in [-0.05, 0) is 25.2 Å². The van der Waals surface area contributed by atoms with Gasteiger partial charge < -0.3 is 14.2 Å². The van der Waals surface area contributed by atoms with E-state index >= 15 is 0 Å². The number of esters is 3. The highest BCUT2D eigenvalue weighted by atomic mass is 16.6. The van der Waals surface area contributed by atoms with E-state index in [0.717, 1.165) is 63.7 Å². The van der Waals surface area contributed by atoms with Crippen LogP contribution in [-0.4, -0.2) is 37.2 Å². The Balaban J connectivity index is 4.25. The zero-order valence-corrected chi connectivity index (χ0v) is 40.2. The van der Waals surface area contributed by atoms with Crippen LogP contribution in [0.5, 0.6) is 0 Å². The third-order valence-electron chi connectivity index (χ3n) is 12.0. The zero-order chi connectivity index (χ0) is 43.1. The van der Waals surface area contributed by atoms with Crippen molar-refractivity contribution in [3.05, 3.63) is 0 Å². The fourth-order valence-corrected chi connectivity index (χ4v) is 8.04. The maximum absolute atomic E-state index is 12.8. The lowest BCUT2D eigenvalue weighted by Gasteiger charge is -2.18. The van der Waals surface area contributed by atoms with Gasteiger partial charge in [-0.2, -0.15) is 0 Å². The van der Waals surface area contributed by atoms with Crippen LogP contribution in [0, 0.1) is 5.92 Å². The van der Waals surface area contributed by atoms with Crippen molar-refractivity contribution in [3.8, 4) is 0 Å². The smallest absolute Gasteiger partial charge is 0.306 e. The average molecular weight is 835 g/mol. The minimum absolute atomic E-state index is 0.0628. The molecule has 0 N–H and O–H groups in total. The number of rotatable bonds is 48. The van der Waals surface area contributed by atoms with Crippen molar-refractivity contribution in [1.82, 2.24) is 0 Å². The van der Waals surface area contributed by atoms with Gasteiger partial charge in [-0.15, -0.1) is 0 Å². The van der Waals surface area contributed by atoms with Crippen LogP contribution in [-0.2, 0) is 28.6 Å². The summed E-state index contributed by atoms with van der Waals surface area (Å²) in [7, 11) is 0. The molecule has 0 rings (SSSR count). The van der Waals surface area contributed by atoms with Gasteiger partial charge in [-0.1, -0.05) is 259 Å². The summed E-state index contributed by atoms with van der Waals surface area (Å²) in [6.45, 7) is 9.02. The summed E-state index contributed by atoms with van der Waals surface area (Å²) < 4.78 is 16.8. The van der Waals surface area contributed by atoms with Crippen molar-refractivity contribution >= 4 is 17.9 Å². The second kappa shape index (κ2) is 47.5. The summed E-state index contributed by atoms with van der Waals surface area (Å²) in [5, 5.41) is 0. The lowest BCUT2D eigenvalue weighted by Crippen LogP contribution is -2.30. The van der Waals surface area contributed by atoms with Crippen LogP contribution in [0.2, 0.25) is 0 Å². The number of ether oxygens (including phenoxy) is 3. The summed E-state index contributed by atoms with van der Waals surface area (Å²) in [6.07, 6.45) is 49.5. The molecule has 6 heteroatoms. The zero-order valence-electron chi connectivity index (χ0n) is 40.2. The number of hydrogen-bond acceptors (Lipinski definition) is 6. The first-order chi connectivity index (χ1) is 28.9. The highest BCUT2D eigenvalue weighted by molar-refractivity contribution is 5.71. The molecule has 0 aliphatic heterocycles. The van der Waals surface area contributed by atoms with E-state index in [4.69, 9.17) is 14.2 Å². The Kier molecular flexibility index (Phi) is 46.2. The monoisotopic (exact) mass is 835 g/mol. The predicted molar refractivity (Wildman–Crippen MR) is 252 cm³/mol. The molecule has 0 bridgehead atoms. The Bertz CT molecular complexity index is 887. The first-order valence-corrected chi connectivity index (χ1v) is 26.4. The van der Waals surface area contributed by atoms with Gasteiger partial charge in [0.25, 0.3) is 0 Å². The molecular weight excluding hydrogens is 733 g/mol. The normalized spacial score (nSPS) is 11.9. The standard InChI is InChI=1S/C53H102O6/c1-5-7-9-11-13-15-16-17-18-19-20-21-26-30-34-38-42-46-53(56)59-50(47-57-51(54)44-40-36-32-27-14-12-10-8-6-2)48-58-52(55)45-41-37-33-29-25-23-22-24-28-31-35-39-43-49(3)4/h49-50H,5-48H2,1-4H3/t50-/m0/s1.